The summed E-state index contributed by atoms with van der Waals surface area (Å²) in [6, 6.07) is 0.369. The van der Waals surface area contributed by atoms with Crippen LogP contribution in [-0.2, 0) is 4.74 Å². The predicted molar refractivity (Wildman–Crippen MR) is 50.8 cm³/mol. The molecule has 0 aromatic heterocycles. The largest absolute Gasteiger partial charge is 0.411 e. The van der Waals surface area contributed by atoms with Crippen molar-refractivity contribution in [3.63, 3.8) is 0 Å². The molecule has 0 unspecified atom stereocenters. The van der Waals surface area contributed by atoms with Gasteiger partial charge in [0.2, 0.25) is 0 Å². The minimum absolute atomic E-state index is 0.143. The molecule has 1 fully saturated rings. The number of halogens is 3. The number of ether oxygens (including phenoxy) is 1. The molecule has 0 spiro atoms. The maximum Gasteiger partial charge on any atom is 0.411 e. The summed E-state index contributed by atoms with van der Waals surface area (Å²) < 4.78 is 39.8. The van der Waals surface area contributed by atoms with Crippen molar-refractivity contribution >= 4 is 0 Å². The Morgan fingerprint density at radius 2 is 2.20 bits per heavy atom. The van der Waals surface area contributed by atoms with Gasteiger partial charge in [0.1, 0.15) is 6.61 Å². The molecule has 1 atom stereocenters. The van der Waals surface area contributed by atoms with Crippen LogP contribution >= 0.6 is 0 Å². The highest BCUT2D eigenvalue weighted by atomic mass is 19.4. The van der Waals surface area contributed by atoms with Crippen LogP contribution in [0.3, 0.4) is 0 Å². The summed E-state index contributed by atoms with van der Waals surface area (Å²) in [6.07, 6.45) is -4.21. The third kappa shape index (κ3) is 5.34. The van der Waals surface area contributed by atoms with Crippen molar-refractivity contribution in [2.75, 3.05) is 39.4 Å². The van der Waals surface area contributed by atoms with Gasteiger partial charge in [0.25, 0.3) is 0 Å². The van der Waals surface area contributed by atoms with Crippen LogP contribution in [0.5, 0.6) is 0 Å². The Hall–Kier alpha value is -0.330. The Labute approximate surface area is 87.6 Å². The molecule has 0 aromatic carbocycles. The zero-order chi connectivity index (χ0) is 11.3. The van der Waals surface area contributed by atoms with Gasteiger partial charge < -0.3 is 10.1 Å². The van der Waals surface area contributed by atoms with Crippen molar-refractivity contribution < 1.29 is 17.9 Å². The number of hydrogen-bond acceptors (Lipinski definition) is 3. The Morgan fingerprint density at radius 3 is 2.80 bits per heavy atom. The topological polar surface area (TPSA) is 24.5 Å². The van der Waals surface area contributed by atoms with Crippen molar-refractivity contribution in [2.45, 2.75) is 19.1 Å². The van der Waals surface area contributed by atoms with Gasteiger partial charge in [-0.15, -0.1) is 0 Å². The highest BCUT2D eigenvalue weighted by Gasteiger charge is 2.27. The van der Waals surface area contributed by atoms with Crippen LogP contribution in [0.2, 0.25) is 0 Å². The summed E-state index contributed by atoms with van der Waals surface area (Å²) in [5, 5.41) is 3.22. The first-order valence-corrected chi connectivity index (χ1v) is 5.08. The van der Waals surface area contributed by atoms with Crippen LogP contribution in [0.4, 0.5) is 13.2 Å². The van der Waals surface area contributed by atoms with Crippen LogP contribution in [0.1, 0.15) is 6.92 Å². The molecule has 3 nitrogen and oxygen atoms in total. The van der Waals surface area contributed by atoms with Crippen molar-refractivity contribution in [2.24, 2.45) is 0 Å². The zero-order valence-corrected chi connectivity index (χ0v) is 8.81. The van der Waals surface area contributed by atoms with Crippen LogP contribution in [0, 0.1) is 0 Å². The van der Waals surface area contributed by atoms with E-state index < -0.39 is 12.8 Å². The molecular weight excluding hydrogens is 209 g/mol. The highest BCUT2D eigenvalue weighted by Crippen LogP contribution is 2.14. The molecule has 0 saturated carbocycles. The lowest BCUT2D eigenvalue weighted by Gasteiger charge is -2.33. The van der Waals surface area contributed by atoms with Crippen LogP contribution in [0.25, 0.3) is 0 Å². The fraction of sp³-hybridized carbons (Fsp3) is 1.00. The smallest absolute Gasteiger partial charge is 0.371 e. The van der Waals surface area contributed by atoms with E-state index in [9.17, 15) is 13.2 Å². The Kier molecular flexibility index (Phi) is 4.82. The standard InChI is InChI=1S/C9H17F3N2O/c1-8-6-13-2-3-14(8)4-5-15-7-9(10,11)12/h8,13H,2-7H2,1H3/t8-/m1/s1. The molecule has 90 valence electrons. The average molecular weight is 226 g/mol. The molecule has 15 heavy (non-hydrogen) atoms. The molecule has 1 N–H and O–H groups in total. The quantitative estimate of drug-likeness (QED) is 0.719. The van der Waals surface area contributed by atoms with Crippen molar-refractivity contribution in [1.29, 1.82) is 0 Å². The molecule has 1 rings (SSSR count). The SMILES string of the molecule is C[C@@H]1CNCCN1CCOCC(F)(F)F. The van der Waals surface area contributed by atoms with E-state index in [1.807, 2.05) is 0 Å². The zero-order valence-electron chi connectivity index (χ0n) is 8.81. The summed E-state index contributed by atoms with van der Waals surface area (Å²) in [6.45, 7) is 4.27. The molecular formula is C9H17F3N2O. The van der Waals surface area contributed by atoms with Gasteiger partial charge >= 0.3 is 6.18 Å². The van der Waals surface area contributed by atoms with E-state index in [2.05, 4.69) is 21.9 Å². The molecule has 0 aromatic rings. The minimum atomic E-state index is -4.21. The first-order chi connectivity index (χ1) is 6.99. The predicted octanol–water partition coefficient (Wildman–Crippen LogP) is 0.859. The maximum absolute atomic E-state index is 11.7. The van der Waals surface area contributed by atoms with E-state index in [0.29, 0.717) is 12.6 Å². The second-order valence-electron chi connectivity index (χ2n) is 3.76. The molecule has 0 bridgehead atoms. The van der Waals surface area contributed by atoms with E-state index in [4.69, 9.17) is 0 Å². The Morgan fingerprint density at radius 1 is 1.47 bits per heavy atom. The molecule has 0 aliphatic carbocycles. The lowest BCUT2D eigenvalue weighted by Crippen LogP contribution is -2.50. The van der Waals surface area contributed by atoms with Gasteiger partial charge in [-0.2, -0.15) is 13.2 Å². The van der Waals surface area contributed by atoms with Gasteiger partial charge in [-0.25, -0.2) is 0 Å². The number of alkyl halides is 3. The van der Waals surface area contributed by atoms with E-state index in [0.717, 1.165) is 19.6 Å². The summed E-state index contributed by atoms with van der Waals surface area (Å²) in [7, 11) is 0. The van der Waals surface area contributed by atoms with Gasteiger partial charge in [-0.3, -0.25) is 4.90 Å². The van der Waals surface area contributed by atoms with Gasteiger partial charge in [0, 0.05) is 32.2 Å². The summed E-state index contributed by atoms with van der Waals surface area (Å²) >= 11 is 0. The van der Waals surface area contributed by atoms with Gasteiger partial charge in [-0.05, 0) is 6.92 Å². The number of hydrogen-bond donors (Lipinski definition) is 1. The van der Waals surface area contributed by atoms with E-state index in [1.165, 1.54) is 0 Å². The molecule has 1 heterocycles. The molecule has 0 amide bonds. The average Bonchev–Trinajstić information content (AvgIpc) is 2.13. The van der Waals surface area contributed by atoms with Crippen LogP contribution < -0.4 is 5.32 Å². The summed E-state index contributed by atoms with van der Waals surface area (Å²) in [5.41, 5.74) is 0. The van der Waals surface area contributed by atoms with Crippen LogP contribution in [-0.4, -0.2) is 56.5 Å². The van der Waals surface area contributed by atoms with Crippen LogP contribution in [0.15, 0.2) is 0 Å². The van der Waals surface area contributed by atoms with Crippen molar-refractivity contribution in [3.8, 4) is 0 Å². The molecule has 6 heteroatoms. The Bertz CT molecular complexity index is 187. The first-order valence-electron chi connectivity index (χ1n) is 5.08. The Balaban J connectivity index is 2.08. The molecule has 1 aliphatic heterocycles. The van der Waals surface area contributed by atoms with E-state index in [1.54, 1.807) is 0 Å². The lowest BCUT2D eigenvalue weighted by molar-refractivity contribution is -0.174. The second kappa shape index (κ2) is 5.67. The number of piperazine rings is 1. The van der Waals surface area contributed by atoms with Gasteiger partial charge in [0.05, 0.1) is 6.61 Å². The molecule has 1 aliphatic rings. The fourth-order valence-electron chi connectivity index (χ4n) is 1.58. The summed E-state index contributed by atoms with van der Waals surface area (Å²) in [5.74, 6) is 0. The van der Waals surface area contributed by atoms with Crippen molar-refractivity contribution in [3.05, 3.63) is 0 Å². The van der Waals surface area contributed by atoms with E-state index >= 15 is 0 Å². The number of nitrogens with one attached hydrogen (secondary N) is 1. The molecule has 0 radical (unpaired) electrons. The first kappa shape index (κ1) is 12.7. The monoisotopic (exact) mass is 226 g/mol. The fourth-order valence-corrected chi connectivity index (χ4v) is 1.58. The molecule has 1 saturated heterocycles. The van der Waals surface area contributed by atoms with Gasteiger partial charge in [-0.1, -0.05) is 0 Å². The number of nitrogens with zero attached hydrogens (tertiary/aromatic N) is 1. The minimum Gasteiger partial charge on any atom is -0.371 e. The van der Waals surface area contributed by atoms with Gasteiger partial charge in [0.15, 0.2) is 0 Å². The third-order valence-electron chi connectivity index (χ3n) is 2.43. The number of rotatable bonds is 4. The maximum atomic E-state index is 11.7. The third-order valence-corrected chi connectivity index (χ3v) is 2.43. The summed E-state index contributed by atoms with van der Waals surface area (Å²) in [4.78, 5) is 2.13. The second-order valence-corrected chi connectivity index (χ2v) is 3.76. The van der Waals surface area contributed by atoms with Crippen molar-refractivity contribution in [1.82, 2.24) is 10.2 Å². The van der Waals surface area contributed by atoms with E-state index in [-0.39, 0.29) is 6.61 Å². The normalized spacial score (nSPS) is 24.4. The lowest BCUT2D eigenvalue weighted by atomic mass is 10.2. The highest BCUT2D eigenvalue weighted by molar-refractivity contribution is 4.75.